The fourth-order valence-electron chi connectivity index (χ4n) is 2.75. The van der Waals surface area contributed by atoms with E-state index < -0.39 is 42.3 Å². The van der Waals surface area contributed by atoms with E-state index in [0.717, 1.165) is 7.11 Å². The van der Waals surface area contributed by atoms with Crippen LogP contribution in [-0.2, 0) is 30.5 Å². The number of carbonyl (C=O) groups excluding carboxylic acids is 5. The van der Waals surface area contributed by atoms with E-state index in [1.165, 1.54) is 12.1 Å². The van der Waals surface area contributed by atoms with Crippen LogP contribution >= 0.6 is 0 Å². The molecule has 3 rings (SSSR count). The molecule has 0 aliphatic carbocycles. The molecule has 10 nitrogen and oxygen atoms in total. The van der Waals surface area contributed by atoms with Crippen LogP contribution in [0.4, 0.5) is 4.79 Å². The molecule has 31 heavy (non-hydrogen) atoms. The van der Waals surface area contributed by atoms with E-state index in [0.29, 0.717) is 5.56 Å². The van der Waals surface area contributed by atoms with E-state index in [9.17, 15) is 24.0 Å². The average molecular weight is 426 g/mol. The molecule has 1 atom stereocenters. The van der Waals surface area contributed by atoms with Crippen LogP contribution in [-0.4, -0.2) is 48.1 Å². The fourth-order valence-corrected chi connectivity index (χ4v) is 2.75. The first kappa shape index (κ1) is 21.5. The SMILES string of the molecule is COC(=O)C[C@H](NC(=O)OCc1ccccc1)C(=O)ON1C(=O)c2ccccc2C1=O. The smallest absolute Gasteiger partial charge is 0.408 e. The van der Waals surface area contributed by atoms with Gasteiger partial charge in [-0.15, -0.1) is 0 Å². The van der Waals surface area contributed by atoms with Gasteiger partial charge in [0.25, 0.3) is 11.8 Å². The second kappa shape index (κ2) is 9.53. The molecule has 0 radical (unpaired) electrons. The molecule has 2 aromatic carbocycles. The third-order valence-electron chi connectivity index (χ3n) is 4.33. The third kappa shape index (κ3) is 5.04. The Morgan fingerprint density at radius 3 is 2.10 bits per heavy atom. The third-order valence-corrected chi connectivity index (χ3v) is 4.33. The lowest BCUT2D eigenvalue weighted by molar-refractivity contribution is -0.172. The highest BCUT2D eigenvalue weighted by Gasteiger charge is 2.40. The summed E-state index contributed by atoms with van der Waals surface area (Å²) in [4.78, 5) is 65.9. The van der Waals surface area contributed by atoms with Crippen LogP contribution in [0.2, 0.25) is 0 Å². The first-order valence-corrected chi connectivity index (χ1v) is 9.14. The van der Waals surface area contributed by atoms with E-state index in [1.54, 1.807) is 42.5 Å². The van der Waals surface area contributed by atoms with Gasteiger partial charge >= 0.3 is 18.0 Å². The highest BCUT2D eigenvalue weighted by molar-refractivity contribution is 6.21. The number of benzene rings is 2. The second-order valence-corrected chi connectivity index (χ2v) is 6.40. The molecule has 1 aliphatic rings. The highest BCUT2D eigenvalue weighted by Crippen LogP contribution is 2.23. The van der Waals surface area contributed by atoms with E-state index in [4.69, 9.17) is 9.57 Å². The Kier molecular flexibility index (Phi) is 6.61. The van der Waals surface area contributed by atoms with Gasteiger partial charge < -0.3 is 19.6 Å². The maximum Gasteiger partial charge on any atom is 0.408 e. The Hall–Kier alpha value is -4.21. The van der Waals surface area contributed by atoms with Crippen LogP contribution in [0.5, 0.6) is 0 Å². The van der Waals surface area contributed by atoms with E-state index >= 15 is 0 Å². The zero-order valence-electron chi connectivity index (χ0n) is 16.4. The van der Waals surface area contributed by atoms with Crippen LogP contribution in [0.25, 0.3) is 0 Å². The van der Waals surface area contributed by atoms with Gasteiger partial charge in [0.1, 0.15) is 12.6 Å². The largest absolute Gasteiger partial charge is 0.469 e. The van der Waals surface area contributed by atoms with E-state index in [-0.39, 0.29) is 22.8 Å². The monoisotopic (exact) mass is 426 g/mol. The van der Waals surface area contributed by atoms with Gasteiger partial charge in [0.15, 0.2) is 0 Å². The summed E-state index contributed by atoms with van der Waals surface area (Å²) in [6.07, 6.45) is -1.60. The van der Waals surface area contributed by atoms with E-state index in [2.05, 4.69) is 10.1 Å². The van der Waals surface area contributed by atoms with Gasteiger partial charge in [-0.3, -0.25) is 14.4 Å². The van der Waals surface area contributed by atoms with Gasteiger partial charge in [-0.25, -0.2) is 9.59 Å². The first-order chi connectivity index (χ1) is 14.9. The van der Waals surface area contributed by atoms with Gasteiger partial charge in [-0.2, -0.15) is 0 Å². The molecule has 160 valence electrons. The number of nitrogens with one attached hydrogen (secondary N) is 1. The summed E-state index contributed by atoms with van der Waals surface area (Å²) in [5.74, 6) is -3.71. The molecule has 1 N–H and O–H groups in total. The van der Waals surface area contributed by atoms with E-state index in [1.807, 2.05) is 0 Å². The summed E-state index contributed by atoms with van der Waals surface area (Å²) in [6.45, 7) is -0.0783. The molecule has 0 saturated carbocycles. The van der Waals surface area contributed by atoms with Gasteiger partial charge in [0.05, 0.1) is 24.7 Å². The Morgan fingerprint density at radius 2 is 1.52 bits per heavy atom. The summed E-state index contributed by atoms with van der Waals surface area (Å²) in [5, 5.41) is 2.48. The van der Waals surface area contributed by atoms with Crippen LogP contribution in [0.15, 0.2) is 54.6 Å². The highest BCUT2D eigenvalue weighted by atomic mass is 16.7. The average Bonchev–Trinajstić information content (AvgIpc) is 3.02. The minimum atomic E-state index is -1.56. The number of alkyl carbamates (subject to hydrolysis) is 1. The molecule has 3 amide bonds. The molecule has 0 spiro atoms. The predicted octanol–water partition coefficient (Wildman–Crippen LogP) is 1.60. The predicted molar refractivity (Wildman–Crippen MR) is 103 cm³/mol. The van der Waals surface area contributed by atoms with Gasteiger partial charge in [0, 0.05) is 0 Å². The second-order valence-electron chi connectivity index (χ2n) is 6.40. The quantitative estimate of drug-likeness (QED) is 0.522. The normalized spacial score (nSPS) is 13.3. The van der Waals surface area contributed by atoms with Crippen molar-refractivity contribution < 1.29 is 38.3 Å². The molecule has 0 unspecified atom stereocenters. The van der Waals surface area contributed by atoms with Gasteiger partial charge in [-0.05, 0) is 17.7 Å². The van der Waals surface area contributed by atoms with Crippen LogP contribution in [0.3, 0.4) is 0 Å². The minimum Gasteiger partial charge on any atom is -0.469 e. The molecule has 0 saturated heterocycles. The maximum atomic E-state index is 12.6. The number of rotatable bonds is 7. The molecule has 0 aromatic heterocycles. The molecule has 10 heteroatoms. The summed E-state index contributed by atoms with van der Waals surface area (Å²) in [7, 11) is 1.10. The lowest BCUT2D eigenvalue weighted by Crippen LogP contribution is -2.46. The zero-order valence-corrected chi connectivity index (χ0v) is 16.4. The Labute approximate surface area is 176 Å². The molecular formula is C21H18N2O8. The number of amides is 3. The van der Waals surface area contributed by atoms with Gasteiger partial charge in [0.2, 0.25) is 0 Å². The van der Waals surface area contributed by atoms with Gasteiger partial charge in [-0.1, -0.05) is 47.5 Å². The number of nitrogens with zero attached hydrogens (tertiary/aromatic N) is 1. The molecule has 0 bridgehead atoms. The number of methoxy groups -OCH3 is 1. The summed E-state index contributed by atoms with van der Waals surface area (Å²) in [5.41, 5.74) is 0.843. The topological polar surface area (TPSA) is 128 Å². The molecule has 1 aliphatic heterocycles. The van der Waals surface area contributed by atoms with Crippen LogP contribution in [0, 0.1) is 0 Å². The van der Waals surface area contributed by atoms with Crippen molar-refractivity contribution in [1.82, 2.24) is 10.4 Å². The van der Waals surface area contributed by atoms with Crippen molar-refractivity contribution in [3.63, 3.8) is 0 Å². The van der Waals surface area contributed by atoms with Crippen molar-refractivity contribution in [2.24, 2.45) is 0 Å². The Balaban J connectivity index is 1.66. The summed E-state index contributed by atoms with van der Waals surface area (Å²) >= 11 is 0. The van der Waals surface area contributed by atoms with Crippen molar-refractivity contribution in [2.75, 3.05) is 7.11 Å². The first-order valence-electron chi connectivity index (χ1n) is 9.14. The zero-order chi connectivity index (χ0) is 22.4. The molecular weight excluding hydrogens is 408 g/mol. The number of fused-ring (bicyclic) bond motifs is 1. The molecule has 0 fully saturated rings. The molecule has 1 heterocycles. The van der Waals surface area contributed by atoms with Crippen molar-refractivity contribution in [3.8, 4) is 0 Å². The number of ether oxygens (including phenoxy) is 2. The van der Waals surface area contributed by atoms with Crippen molar-refractivity contribution in [2.45, 2.75) is 19.1 Å². The minimum absolute atomic E-state index is 0.0695. The lowest BCUT2D eigenvalue weighted by Gasteiger charge is -2.19. The lowest BCUT2D eigenvalue weighted by atomic mass is 10.1. The summed E-state index contributed by atoms with van der Waals surface area (Å²) in [6, 6.07) is 13.2. The Bertz CT molecular complexity index is 986. The summed E-state index contributed by atoms with van der Waals surface area (Å²) < 4.78 is 9.55. The fraction of sp³-hybridized carbons (Fsp3) is 0.190. The van der Waals surface area contributed by atoms with Crippen molar-refractivity contribution in [1.29, 1.82) is 0 Å². The van der Waals surface area contributed by atoms with Crippen LogP contribution < -0.4 is 5.32 Å². The van der Waals surface area contributed by atoms with Crippen LogP contribution in [0.1, 0.15) is 32.7 Å². The Morgan fingerprint density at radius 1 is 0.935 bits per heavy atom. The standard InChI is InChI=1S/C21H18N2O8/c1-29-17(24)11-16(22-21(28)30-12-13-7-3-2-4-8-13)20(27)31-23-18(25)14-9-5-6-10-15(14)19(23)26/h2-10,16H,11-12H2,1H3,(H,22,28)/t16-/m0/s1. The maximum absolute atomic E-state index is 12.6. The molecule has 2 aromatic rings. The number of hydrogen-bond acceptors (Lipinski definition) is 8. The number of esters is 1. The number of imide groups is 1. The number of hydrogen-bond donors (Lipinski definition) is 1. The van der Waals surface area contributed by atoms with Crippen molar-refractivity contribution in [3.05, 3.63) is 71.3 Å². The van der Waals surface area contributed by atoms with Crippen molar-refractivity contribution >= 4 is 29.8 Å². The number of hydroxylamine groups is 2. The number of carbonyl (C=O) groups is 5.